The third-order valence-electron chi connectivity index (χ3n) is 3.55. The minimum absolute atomic E-state index is 0.180. The molecule has 0 bridgehead atoms. The summed E-state index contributed by atoms with van der Waals surface area (Å²) in [6.45, 7) is 5.81. The molecule has 1 atom stereocenters. The summed E-state index contributed by atoms with van der Waals surface area (Å²) in [6, 6.07) is 18.1. The summed E-state index contributed by atoms with van der Waals surface area (Å²) in [6.07, 6.45) is 2.48. The molecule has 0 aliphatic rings. The van der Waals surface area contributed by atoms with Gasteiger partial charge in [-0.25, -0.2) is 0 Å². The lowest BCUT2D eigenvalue weighted by Gasteiger charge is -2.12. The quantitative estimate of drug-likeness (QED) is 0.590. The third-order valence-corrected chi connectivity index (χ3v) is 3.55. The van der Waals surface area contributed by atoms with Gasteiger partial charge in [-0.05, 0) is 40.3 Å². The van der Waals surface area contributed by atoms with E-state index in [1.54, 1.807) is 0 Å². The van der Waals surface area contributed by atoms with E-state index in [4.69, 9.17) is 0 Å². The first kappa shape index (κ1) is 14.6. The van der Waals surface area contributed by atoms with Gasteiger partial charge >= 0.3 is 0 Å². The van der Waals surface area contributed by atoms with Crippen LogP contribution in [0.4, 0.5) is 0 Å². The van der Waals surface area contributed by atoms with Crippen LogP contribution in [-0.2, 0) is 0 Å². The van der Waals surface area contributed by atoms with Crippen LogP contribution in [0.15, 0.2) is 60.7 Å². The topological polar surface area (TPSA) is 47.6 Å². The molecule has 2 nitrogen and oxygen atoms in total. The van der Waals surface area contributed by atoms with Crippen molar-refractivity contribution in [2.24, 2.45) is 5.92 Å². The molecule has 0 saturated carbocycles. The van der Waals surface area contributed by atoms with Crippen LogP contribution < -0.4 is 0 Å². The van der Waals surface area contributed by atoms with E-state index < -0.39 is 0 Å². The zero-order valence-electron chi connectivity index (χ0n) is 12.0. The molecule has 0 fully saturated rings. The van der Waals surface area contributed by atoms with Crippen LogP contribution in [0.3, 0.4) is 0 Å². The van der Waals surface area contributed by atoms with Crippen molar-refractivity contribution in [3.63, 3.8) is 0 Å². The first-order chi connectivity index (χ1) is 10.2. The molecule has 21 heavy (non-hydrogen) atoms. The summed E-state index contributed by atoms with van der Waals surface area (Å²) in [5.41, 5.74) is 1.90. The molecule has 1 unspecified atom stereocenters. The van der Waals surface area contributed by atoms with Crippen LogP contribution in [-0.4, -0.2) is 0 Å². The van der Waals surface area contributed by atoms with E-state index in [0.717, 1.165) is 21.9 Å². The molecule has 2 heteroatoms. The predicted octanol–water partition coefficient (Wildman–Crippen LogP) is 4.85. The zero-order chi connectivity index (χ0) is 15.2. The highest BCUT2D eigenvalue weighted by Crippen LogP contribution is 2.29. The van der Waals surface area contributed by atoms with Crippen LogP contribution >= 0.6 is 0 Å². The first-order valence-electron chi connectivity index (χ1n) is 6.84. The van der Waals surface area contributed by atoms with Crippen molar-refractivity contribution in [1.29, 1.82) is 10.5 Å². The highest BCUT2D eigenvalue weighted by molar-refractivity contribution is 5.87. The molecular weight excluding hydrogens is 256 g/mol. The fourth-order valence-corrected chi connectivity index (χ4v) is 2.31. The van der Waals surface area contributed by atoms with Crippen LogP contribution in [0, 0.1) is 28.6 Å². The van der Waals surface area contributed by atoms with Gasteiger partial charge in [0.05, 0.1) is 0 Å². The molecule has 0 aromatic heterocycles. The number of nitrogens with zero attached hydrogens (tertiary/aromatic N) is 2. The number of benzene rings is 2. The Morgan fingerprint density at radius 2 is 1.81 bits per heavy atom. The maximum Gasteiger partial charge on any atom is 0.133 e. The lowest BCUT2D eigenvalue weighted by Crippen LogP contribution is -1.96. The lowest BCUT2D eigenvalue weighted by atomic mass is 9.91. The SMILES string of the molecule is C=CC(C)CC(=C(C#N)C#N)c1ccc2ccccc2c1. The fourth-order valence-electron chi connectivity index (χ4n) is 2.31. The van der Waals surface area contributed by atoms with Crippen molar-refractivity contribution >= 4 is 16.3 Å². The molecule has 0 N–H and O–H groups in total. The lowest BCUT2D eigenvalue weighted by molar-refractivity contribution is 0.757. The Kier molecular flexibility index (Phi) is 4.54. The Balaban J connectivity index is 2.59. The van der Waals surface area contributed by atoms with E-state index in [9.17, 15) is 10.5 Å². The molecule has 0 spiro atoms. The van der Waals surface area contributed by atoms with Crippen molar-refractivity contribution in [3.8, 4) is 12.1 Å². The summed E-state index contributed by atoms with van der Waals surface area (Å²) in [7, 11) is 0. The van der Waals surface area contributed by atoms with Crippen molar-refractivity contribution in [2.75, 3.05) is 0 Å². The summed E-state index contributed by atoms with van der Waals surface area (Å²) >= 11 is 0. The number of fused-ring (bicyclic) bond motifs is 1. The Morgan fingerprint density at radius 3 is 2.43 bits per heavy atom. The van der Waals surface area contributed by atoms with Crippen LogP contribution in [0.1, 0.15) is 18.9 Å². The Bertz CT molecular complexity index is 769. The van der Waals surface area contributed by atoms with Crippen molar-refractivity contribution < 1.29 is 0 Å². The molecule has 2 aromatic carbocycles. The summed E-state index contributed by atoms with van der Waals surface area (Å²) in [5.74, 6) is 0.211. The van der Waals surface area contributed by atoms with Crippen molar-refractivity contribution in [1.82, 2.24) is 0 Å². The van der Waals surface area contributed by atoms with Crippen LogP contribution in [0.5, 0.6) is 0 Å². The molecule has 0 aliphatic heterocycles. The second kappa shape index (κ2) is 6.55. The predicted molar refractivity (Wildman–Crippen MR) is 86.1 cm³/mol. The smallest absolute Gasteiger partial charge is 0.133 e. The van der Waals surface area contributed by atoms with Crippen LogP contribution in [0.25, 0.3) is 16.3 Å². The molecule has 0 aliphatic carbocycles. The monoisotopic (exact) mass is 272 g/mol. The Morgan fingerprint density at radius 1 is 1.14 bits per heavy atom. The molecular formula is C19H16N2. The van der Waals surface area contributed by atoms with E-state index >= 15 is 0 Å². The normalized spacial score (nSPS) is 11.2. The van der Waals surface area contributed by atoms with E-state index in [-0.39, 0.29) is 11.5 Å². The third kappa shape index (κ3) is 3.19. The van der Waals surface area contributed by atoms with Gasteiger partial charge < -0.3 is 0 Å². The van der Waals surface area contributed by atoms with Gasteiger partial charge in [0.25, 0.3) is 0 Å². The molecule has 2 rings (SSSR count). The van der Waals surface area contributed by atoms with E-state index in [0.29, 0.717) is 6.42 Å². The molecule has 0 radical (unpaired) electrons. The summed E-state index contributed by atoms with van der Waals surface area (Å²) in [5, 5.41) is 20.7. The highest BCUT2D eigenvalue weighted by Gasteiger charge is 2.12. The van der Waals surface area contributed by atoms with Gasteiger partial charge in [-0.15, -0.1) is 6.58 Å². The number of allylic oxidation sites excluding steroid dienone is 3. The van der Waals surface area contributed by atoms with Gasteiger partial charge in [0.15, 0.2) is 0 Å². The standard InChI is InChI=1S/C19H16N2/c1-3-14(2)10-19(18(12-20)13-21)17-9-8-15-6-4-5-7-16(15)11-17/h3-9,11,14H,1,10H2,2H3. The van der Waals surface area contributed by atoms with Gasteiger partial charge in [0.2, 0.25) is 0 Å². The van der Waals surface area contributed by atoms with Gasteiger partial charge in [-0.2, -0.15) is 10.5 Å². The van der Waals surface area contributed by atoms with Gasteiger partial charge in [-0.1, -0.05) is 49.4 Å². The van der Waals surface area contributed by atoms with Crippen molar-refractivity contribution in [3.05, 3.63) is 66.3 Å². The van der Waals surface area contributed by atoms with Crippen molar-refractivity contribution in [2.45, 2.75) is 13.3 Å². The Hall–Kier alpha value is -2.84. The van der Waals surface area contributed by atoms with Gasteiger partial charge in [0.1, 0.15) is 17.7 Å². The second-order valence-electron chi connectivity index (χ2n) is 5.06. The average Bonchev–Trinajstić information content (AvgIpc) is 2.54. The molecule has 0 heterocycles. The molecule has 2 aromatic rings. The molecule has 0 amide bonds. The van der Waals surface area contributed by atoms with E-state index in [2.05, 4.69) is 6.58 Å². The van der Waals surface area contributed by atoms with Gasteiger partial charge in [0, 0.05) is 0 Å². The van der Waals surface area contributed by atoms with Crippen LogP contribution in [0.2, 0.25) is 0 Å². The molecule has 0 saturated heterocycles. The van der Waals surface area contributed by atoms with E-state index in [1.165, 1.54) is 0 Å². The average molecular weight is 272 g/mol. The summed E-state index contributed by atoms with van der Waals surface area (Å²) in [4.78, 5) is 0. The summed E-state index contributed by atoms with van der Waals surface area (Å²) < 4.78 is 0. The van der Waals surface area contributed by atoms with E-state index in [1.807, 2.05) is 67.6 Å². The van der Waals surface area contributed by atoms with Gasteiger partial charge in [-0.3, -0.25) is 0 Å². The number of nitriles is 2. The highest BCUT2D eigenvalue weighted by atomic mass is 14.3. The zero-order valence-corrected chi connectivity index (χ0v) is 12.0. The second-order valence-corrected chi connectivity index (χ2v) is 5.06. The first-order valence-corrected chi connectivity index (χ1v) is 6.84. The minimum atomic E-state index is 0.180. The molecule has 102 valence electrons. The largest absolute Gasteiger partial charge is 0.192 e. The maximum absolute atomic E-state index is 9.20. The minimum Gasteiger partial charge on any atom is -0.192 e. The Labute approximate surface area is 125 Å². The number of rotatable bonds is 4. The fraction of sp³-hybridized carbons (Fsp3) is 0.158. The maximum atomic E-state index is 9.20. The number of hydrogen-bond donors (Lipinski definition) is 0. The number of hydrogen-bond acceptors (Lipinski definition) is 2.